The van der Waals surface area contributed by atoms with Gasteiger partial charge in [0, 0.05) is 0 Å². The zero-order valence-electron chi connectivity index (χ0n) is 8.14. The van der Waals surface area contributed by atoms with E-state index in [9.17, 15) is 4.79 Å². The van der Waals surface area contributed by atoms with Crippen molar-refractivity contribution < 1.29 is 0 Å². The smallest absolute Gasteiger partial charge is 0.306 e. The summed E-state index contributed by atoms with van der Waals surface area (Å²) >= 11 is 0. The summed E-state index contributed by atoms with van der Waals surface area (Å²) in [6, 6.07) is 5.76. The predicted molar refractivity (Wildman–Crippen MR) is 55.0 cm³/mol. The Labute approximate surface area is 76.8 Å². The van der Waals surface area contributed by atoms with Crippen LogP contribution in [-0.4, -0.2) is 9.97 Å². The van der Waals surface area contributed by atoms with Gasteiger partial charge in [-0.25, -0.2) is 4.79 Å². The molecule has 0 spiro atoms. The van der Waals surface area contributed by atoms with E-state index in [1.165, 1.54) is 0 Å². The summed E-state index contributed by atoms with van der Waals surface area (Å²) in [4.78, 5) is 16.2. The maximum atomic E-state index is 10.8. The first-order valence-corrected chi connectivity index (χ1v) is 4.45. The lowest BCUT2D eigenvalue weighted by Crippen LogP contribution is -1.99. The fourth-order valence-electron chi connectivity index (χ4n) is 1.20. The summed E-state index contributed by atoms with van der Waals surface area (Å²) in [7, 11) is 0. The second kappa shape index (κ2) is 3.94. The molecule has 1 heterocycles. The Kier molecular flexibility index (Phi) is 2.90. The Bertz CT molecular complexity index is 439. The van der Waals surface area contributed by atoms with Crippen LogP contribution in [0.15, 0.2) is 23.0 Å². The van der Waals surface area contributed by atoms with E-state index >= 15 is 0 Å². The number of rotatable bonds is 0. The third kappa shape index (κ3) is 1.80. The van der Waals surface area contributed by atoms with Gasteiger partial charge in [-0.15, -0.1) is 0 Å². The number of H-pyrrole nitrogens is 2. The lowest BCUT2D eigenvalue weighted by Gasteiger charge is -1.91. The van der Waals surface area contributed by atoms with Crippen LogP contribution >= 0.6 is 0 Å². The Hall–Kier alpha value is -1.51. The van der Waals surface area contributed by atoms with Crippen LogP contribution in [0.5, 0.6) is 0 Å². The van der Waals surface area contributed by atoms with Gasteiger partial charge < -0.3 is 9.97 Å². The highest BCUT2D eigenvalue weighted by molar-refractivity contribution is 5.77. The molecular formula is C10H14N2O. The second-order valence-electron chi connectivity index (χ2n) is 2.58. The molecule has 0 aliphatic carbocycles. The first-order valence-electron chi connectivity index (χ1n) is 4.45. The standard InChI is InChI=1S/C8H8N2O.C2H6/c1-5-3-2-4-6-7(5)10-8(11)9-6;1-2/h2-4H,1H3,(H2,9,10,11);1-2H3. The van der Waals surface area contributed by atoms with E-state index in [0.29, 0.717) is 0 Å². The van der Waals surface area contributed by atoms with Gasteiger partial charge in [0.05, 0.1) is 11.0 Å². The van der Waals surface area contributed by atoms with Gasteiger partial charge in [0.1, 0.15) is 0 Å². The lowest BCUT2D eigenvalue weighted by molar-refractivity contribution is 1.21. The van der Waals surface area contributed by atoms with E-state index in [-0.39, 0.29) is 5.69 Å². The Balaban J connectivity index is 0.000000396. The minimum Gasteiger partial charge on any atom is -0.306 e. The molecule has 0 radical (unpaired) electrons. The number of para-hydroxylation sites is 1. The average Bonchev–Trinajstić information content (AvgIpc) is 2.51. The maximum Gasteiger partial charge on any atom is 0.323 e. The monoisotopic (exact) mass is 178 g/mol. The summed E-state index contributed by atoms with van der Waals surface area (Å²) in [5.74, 6) is 0. The Morgan fingerprint density at radius 1 is 1.15 bits per heavy atom. The van der Waals surface area contributed by atoms with Gasteiger partial charge in [-0.05, 0) is 18.6 Å². The highest BCUT2D eigenvalue weighted by atomic mass is 16.1. The molecule has 0 amide bonds. The molecule has 0 unspecified atom stereocenters. The molecule has 2 rings (SSSR count). The molecule has 0 fully saturated rings. The van der Waals surface area contributed by atoms with Gasteiger partial charge in [0.15, 0.2) is 0 Å². The van der Waals surface area contributed by atoms with E-state index in [4.69, 9.17) is 0 Å². The second-order valence-corrected chi connectivity index (χ2v) is 2.58. The SMILES string of the molecule is CC.Cc1cccc2[nH]c(=O)[nH]c12. The van der Waals surface area contributed by atoms with Crippen molar-refractivity contribution in [3.63, 3.8) is 0 Å². The van der Waals surface area contributed by atoms with Crippen LogP contribution in [0.1, 0.15) is 19.4 Å². The zero-order valence-corrected chi connectivity index (χ0v) is 8.14. The number of aromatic nitrogens is 2. The molecule has 0 saturated heterocycles. The number of hydrogen-bond acceptors (Lipinski definition) is 1. The van der Waals surface area contributed by atoms with Crippen molar-refractivity contribution >= 4 is 11.0 Å². The van der Waals surface area contributed by atoms with Crippen LogP contribution in [0.3, 0.4) is 0 Å². The summed E-state index contributed by atoms with van der Waals surface area (Å²) in [6.07, 6.45) is 0. The first-order chi connectivity index (χ1) is 6.27. The molecule has 3 heteroatoms. The van der Waals surface area contributed by atoms with Gasteiger partial charge in [-0.1, -0.05) is 26.0 Å². The lowest BCUT2D eigenvalue weighted by atomic mass is 10.2. The van der Waals surface area contributed by atoms with Gasteiger partial charge >= 0.3 is 5.69 Å². The van der Waals surface area contributed by atoms with Crippen LogP contribution < -0.4 is 5.69 Å². The van der Waals surface area contributed by atoms with Crippen LogP contribution in [0.2, 0.25) is 0 Å². The number of benzene rings is 1. The fraction of sp³-hybridized carbons (Fsp3) is 0.300. The summed E-state index contributed by atoms with van der Waals surface area (Å²) < 4.78 is 0. The third-order valence-electron chi connectivity index (χ3n) is 1.76. The quantitative estimate of drug-likeness (QED) is 0.638. The minimum atomic E-state index is -0.144. The number of aryl methyl sites for hydroxylation is 1. The number of aromatic amines is 2. The van der Waals surface area contributed by atoms with Crippen molar-refractivity contribution in [2.45, 2.75) is 20.8 Å². The van der Waals surface area contributed by atoms with Crippen molar-refractivity contribution in [2.75, 3.05) is 0 Å². The van der Waals surface area contributed by atoms with Gasteiger partial charge in [-0.2, -0.15) is 0 Å². The minimum absolute atomic E-state index is 0.144. The molecule has 0 saturated carbocycles. The summed E-state index contributed by atoms with van der Waals surface area (Å²) in [6.45, 7) is 5.96. The van der Waals surface area contributed by atoms with E-state index in [2.05, 4.69) is 9.97 Å². The average molecular weight is 178 g/mol. The fourth-order valence-corrected chi connectivity index (χ4v) is 1.20. The van der Waals surface area contributed by atoms with Gasteiger partial charge in [0.25, 0.3) is 0 Å². The molecule has 70 valence electrons. The number of imidazole rings is 1. The largest absolute Gasteiger partial charge is 0.323 e. The van der Waals surface area contributed by atoms with Crippen molar-refractivity contribution in [1.29, 1.82) is 0 Å². The molecule has 0 aliphatic heterocycles. The van der Waals surface area contributed by atoms with E-state index < -0.39 is 0 Å². The molecule has 2 N–H and O–H groups in total. The summed E-state index contributed by atoms with van der Waals surface area (Å²) in [5, 5.41) is 0. The van der Waals surface area contributed by atoms with Crippen LogP contribution in [0.25, 0.3) is 11.0 Å². The molecule has 3 nitrogen and oxygen atoms in total. The molecule has 2 aromatic rings. The number of fused-ring (bicyclic) bond motifs is 1. The first kappa shape index (κ1) is 9.58. The molecule has 1 aromatic carbocycles. The van der Waals surface area contributed by atoms with Crippen molar-refractivity contribution in [1.82, 2.24) is 9.97 Å². The number of hydrogen-bond donors (Lipinski definition) is 2. The Morgan fingerprint density at radius 3 is 2.46 bits per heavy atom. The molecule has 0 aliphatic rings. The summed E-state index contributed by atoms with van der Waals surface area (Å²) in [5.41, 5.74) is 2.71. The number of nitrogens with one attached hydrogen (secondary N) is 2. The van der Waals surface area contributed by atoms with Crippen molar-refractivity contribution in [2.24, 2.45) is 0 Å². The maximum absolute atomic E-state index is 10.8. The molecule has 0 atom stereocenters. The molecule has 13 heavy (non-hydrogen) atoms. The molecule has 1 aromatic heterocycles. The van der Waals surface area contributed by atoms with Crippen molar-refractivity contribution in [3.05, 3.63) is 34.2 Å². The van der Waals surface area contributed by atoms with E-state index in [1.807, 2.05) is 39.0 Å². The third-order valence-corrected chi connectivity index (χ3v) is 1.76. The topological polar surface area (TPSA) is 48.6 Å². The van der Waals surface area contributed by atoms with Crippen LogP contribution in [-0.2, 0) is 0 Å². The van der Waals surface area contributed by atoms with Crippen LogP contribution in [0, 0.1) is 6.92 Å². The predicted octanol–water partition coefficient (Wildman–Crippen LogP) is 2.19. The van der Waals surface area contributed by atoms with Gasteiger partial charge in [0.2, 0.25) is 0 Å². The van der Waals surface area contributed by atoms with E-state index in [1.54, 1.807) is 0 Å². The molecular weight excluding hydrogens is 164 g/mol. The highest BCUT2D eigenvalue weighted by Crippen LogP contribution is 2.10. The Morgan fingerprint density at radius 2 is 1.85 bits per heavy atom. The van der Waals surface area contributed by atoms with E-state index in [0.717, 1.165) is 16.6 Å². The van der Waals surface area contributed by atoms with Gasteiger partial charge in [-0.3, -0.25) is 0 Å². The van der Waals surface area contributed by atoms with Crippen molar-refractivity contribution in [3.8, 4) is 0 Å². The zero-order chi connectivity index (χ0) is 9.84. The highest BCUT2D eigenvalue weighted by Gasteiger charge is 1.97. The van der Waals surface area contributed by atoms with Crippen LogP contribution in [0.4, 0.5) is 0 Å². The normalized spacial score (nSPS) is 9.46. The molecule has 0 bridgehead atoms.